The zero-order chi connectivity index (χ0) is 19.5. The van der Waals surface area contributed by atoms with Gasteiger partial charge >= 0.3 is 0 Å². The SMILES string of the molecule is O=C(CCC1CCCN(S(=O)(=O)c2ccccc2)C1)NC1CCS(=O)(=O)C1. The van der Waals surface area contributed by atoms with E-state index < -0.39 is 19.9 Å². The topological polar surface area (TPSA) is 101 Å². The number of amides is 1. The van der Waals surface area contributed by atoms with Crippen molar-refractivity contribution in [3.8, 4) is 0 Å². The molecule has 0 bridgehead atoms. The van der Waals surface area contributed by atoms with Crippen molar-refractivity contribution in [1.82, 2.24) is 9.62 Å². The van der Waals surface area contributed by atoms with E-state index in [2.05, 4.69) is 5.32 Å². The molecular formula is C18H26N2O5S2. The molecule has 2 aliphatic rings. The summed E-state index contributed by atoms with van der Waals surface area (Å²) in [5, 5.41) is 2.79. The van der Waals surface area contributed by atoms with Crippen molar-refractivity contribution in [2.75, 3.05) is 24.6 Å². The molecule has 2 atom stereocenters. The largest absolute Gasteiger partial charge is 0.352 e. The van der Waals surface area contributed by atoms with E-state index in [9.17, 15) is 21.6 Å². The molecule has 7 nitrogen and oxygen atoms in total. The molecule has 3 rings (SSSR count). The van der Waals surface area contributed by atoms with Crippen molar-refractivity contribution in [2.24, 2.45) is 5.92 Å². The number of piperidine rings is 1. The lowest BCUT2D eigenvalue weighted by molar-refractivity contribution is -0.122. The first-order valence-electron chi connectivity index (χ1n) is 9.31. The molecule has 9 heteroatoms. The van der Waals surface area contributed by atoms with Gasteiger partial charge in [-0.15, -0.1) is 0 Å². The average molecular weight is 415 g/mol. The van der Waals surface area contributed by atoms with E-state index in [4.69, 9.17) is 0 Å². The van der Waals surface area contributed by atoms with Crippen LogP contribution in [0.25, 0.3) is 0 Å². The Hall–Kier alpha value is -1.45. The molecular weight excluding hydrogens is 388 g/mol. The molecule has 0 saturated carbocycles. The second kappa shape index (κ2) is 8.28. The Labute approximate surface area is 161 Å². The number of hydrogen-bond acceptors (Lipinski definition) is 5. The van der Waals surface area contributed by atoms with E-state index in [0.717, 1.165) is 12.8 Å². The summed E-state index contributed by atoms with van der Waals surface area (Å²) in [5.74, 6) is 0.133. The lowest BCUT2D eigenvalue weighted by atomic mass is 9.94. The van der Waals surface area contributed by atoms with Crippen LogP contribution in [0, 0.1) is 5.92 Å². The number of rotatable bonds is 6. The third-order valence-electron chi connectivity index (χ3n) is 5.24. The molecule has 2 heterocycles. The third-order valence-corrected chi connectivity index (χ3v) is 8.89. The van der Waals surface area contributed by atoms with Crippen LogP contribution in [0.4, 0.5) is 0 Å². The number of sulfonamides is 1. The van der Waals surface area contributed by atoms with Crippen LogP contribution in [0.3, 0.4) is 0 Å². The fourth-order valence-electron chi connectivity index (χ4n) is 3.77. The minimum absolute atomic E-state index is 0.0191. The fourth-order valence-corrected chi connectivity index (χ4v) is 7.02. The number of nitrogens with zero attached hydrogens (tertiary/aromatic N) is 1. The van der Waals surface area contributed by atoms with E-state index in [1.54, 1.807) is 30.3 Å². The highest BCUT2D eigenvalue weighted by Crippen LogP contribution is 2.26. The number of carbonyl (C=O) groups is 1. The van der Waals surface area contributed by atoms with Crippen LogP contribution in [0.2, 0.25) is 0 Å². The normalized spacial score (nSPS) is 25.9. The highest BCUT2D eigenvalue weighted by Gasteiger charge is 2.31. The van der Waals surface area contributed by atoms with Gasteiger partial charge in [0.15, 0.2) is 9.84 Å². The molecule has 0 spiro atoms. The number of benzene rings is 1. The van der Waals surface area contributed by atoms with Gasteiger partial charge in [0.2, 0.25) is 15.9 Å². The first kappa shape index (κ1) is 20.3. The van der Waals surface area contributed by atoms with Crippen molar-refractivity contribution in [2.45, 2.75) is 43.0 Å². The lowest BCUT2D eigenvalue weighted by Gasteiger charge is -2.32. The van der Waals surface area contributed by atoms with E-state index in [-0.39, 0.29) is 29.4 Å². The number of sulfone groups is 1. The first-order valence-corrected chi connectivity index (χ1v) is 12.6. The lowest BCUT2D eigenvalue weighted by Crippen LogP contribution is -2.40. The van der Waals surface area contributed by atoms with Gasteiger partial charge < -0.3 is 5.32 Å². The molecule has 0 aromatic heterocycles. The third kappa shape index (κ3) is 5.30. The molecule has 0 radical (unpaired) electrons. The van der Waals surface area contributed by atoms with Crippen LogP contribution in [-0.4, -0.2) is 57.7 Å². The Morgan fingerprint density at radius 2 is 1.93 bits per heavy atom. The molecule has 27 heavy (non-hydrogen) atoms. The molecule has 150 valence electrons. The second-order valence-corrected chi connectivity index (χ2v) is 11.6. The predicted octanol–water partition coefficient (Wildman–Crippen LogP) is 1.17. The molecule has 1 aromatic rings. The molecule has 2 aliphatic heterocycles. The van der Waals surface area contributed by atoms with Crippen LogP contribution in [0.15, 0.2) is 35.2 Å². The maximum Gasteiger partial charge on any atom is 0.243 e. The zero-order valence-corrected chi connectivity index (χ0v) is 16.8. The Morgan fingerprint density at radius 1 is 1.19 bits per heavy atom. The molecule has 1 amide bonds. The van der Waals surface area contributed by atoms with Crippen LogP contribution in [0.1, 0.15) is 32.1 Å². The van der Waals surface area contributed by atoms with Gasteiger partial charge in [0, 0.05) is 25.6 Å². The Kier molecular flexibility index (Phi) is 6.22. The van der Waals surface area contributed by atoms with E-state index >= 15 is 0 Å². The quantitative estimate of drug-likeness (QED) is 0.753. The number of hydrogen-bond donors (Lipinski definition) is 1. The van der Waals surface area contributed by atoms with Crippen molar-refractivity contribution >= 4 is 25.8 Å². The van der Waals surface area contributed by atoms with Gasteiger partial charge in [-0.1, -0.05) is 18.2 Å². The van der Waals surface area contributed by atoms with Crippen LogP contribution >= 0.6 is 0 Å². The highest BCUT2D eigenvalue weighted by atomic mass is 32.2. The summed E-state index contributed by atoms with van der Waals surface area (Å²) in [6.45, 7) is 0.919. The summed E-state index contributed by atoms with van der Waals surface area (Å²) in [6, 6.07) is 8.11. The van der Waals surface area contributed by atoms with Crippen LogP contribution in [-0.2, 0) is 24.7 Å². The molecule has 1 aromatic carbocycles. The van der Waals surface area contributed by atoms with Gasteiger partial charge in [-0.05, 0) is 43.7 Å². The summed E-state index contributed by atoms with van der Waals surface area (Å²) < 4.78 is 49.9. The molecule has 2 saturated heterocycles. The van der Waals surface area contributed by atoms with Crippen molar-refractivity contribution in [3.63, 3.8) is 0 Å². The Morgan fingerprint density at radius 3 is 2.59 bits per heavy atom. The number of carbonyl (C=O) groups excluding carboxylic acids is 1. The zero-order valence-electron chi connectivity index (χ0n) is 15.2. The molecule has 1 N–H and O–H groups in total. The van der Waals surface area contributed by atoms with Gasteiger partial charge in [-0.2, -0.15) is 4.31 Å². The van der Waals surface area contributed by atoms with Gasteiger partial charge in [-0.3, -0.25) is 4.79 Å². The Balaban J connectivity index is 1.51. The van der Waals surface area contributed by atoms with Crippen molar-refractivity contribution < 1.29 is 21.6 Å². The van der Waals surface area contributed by atoms with Gasteiger partial charge in [0.1, 0.15) is 0 Å². The van der Waals surface area contributed by atoms with E-state index in [0.29, 0.717) is 37.2 Å². The summed E-state index contributed by atoms with van der Waals surface area (Å²) in [4.78, 5) is 12.4. The summed E-state index contributed by atoms with van der Waals surface area (Å²) in [7, 11) is -6.51. The monoisotopic (exact) mass is 414 g/mol. The summed E-state index contributed by atoms with van der Waals surface area (Å²) in [6.07, 6.45) is 3.04. The summed E-state index contributed by atoms with van der Waals surface area (Å²) >= 11 is 0. The fraction of sp³-hybridized carbons (Fsp3) is 0.611. The van der Waals surface area contributed by atoms with Crippen LogP contribution < -0.4 is 5.32 Å². The maximum absolute atomic E-state index is 12.8. The van der Waals surface area contributed by atoms with E-state index in [1.807, 2.05) is 0 Å². The maximum atomic E-state index is 12.8. The van der Waals surface area contributed by atoms with Crippen molar-refractivity contribution in [3.05, 3.63) is 30.3 Å². The first-order chi connectivity index (χ1) is 12.8. The van der Waals surface area contributed by atoms with Gasteiger partial charge in [-0.25, -0.2) is 16.8 Å². The van der Waals surface area contributed by atoms with Gasteiger partial charge in [0.25, 0.3) is 0 Å². The van der Waals surface area contributed by atoms with Crippen LogP contribution in [0.5, 0.6) is 0 Å². The predicted molar refractivity (Wildman–Crippen MR) is 102 cm³/mol. The minimum Gasteiger partial charge on any atom is -0.352 e. The second-order valence-electron chi connectivity index (χ2n) is 7.39. The molecule has 2 unspecified atom stereocenters. The molecule has 2 fully saturated rings. The van der Waals surface area contributed by atoms with Crippen molar-refractivity contribution in [1.29, 1.82) is 0 Å². The smallest absolute Gasteiger partial charge is 0.243 e. The standard InChI is InChI=1S/C18H26N2O5S2/c21-18(19-16-10-12-26(22,23)14-16)9-8-15-5-4-11-20(13-15)27(24,25)17-6-2-1-3-7-17/h1-3,6-7,15-16H,4-5,8-14H2,(H,19,21). The Bertz CT molecular complexity index is 868. The molecule has 0 aliphatic carbocycles. The summed E-state index contributed by atoms with van der Waals surface area (Å²) in [5.41, 5.74) is 0. The van der Waals surface area contributed by atoms with E-state index in [1.165, 1.54) is 4.31 Å². The number of nitrogens with one attached hydrogen (secondary N) is 1. The highest BCUT2D eigenvalue weighted by molar-refractivity contribution is 7.91. The van der Waals surface area contributed by atoms with Gasteiger partial charge in [0.05, 0.1) is 16.4 Å². The average Bonchev–Trinajstić information content (AvgIpc) is 2.99. The minimum atomic E-state index is -3.50.